The van der Waals surface area contributed by atoms with E-state index < -0.39 is 0 Å². The molecule has 0 fully saturated rings. The summed E-state index contributed by atoms with van der Waals surface area (Å²) >= 11 is 0. The maximum absolute atomic E-state index is 4.27. The van der Waals surface area contributed by atoms with Gasteiger partial charge >= 0.3 is 0 Å². The molecule has 1 aliphatic rings. The molecule has 1 rings (SSSR count). The van der Waals surface area contributed by atoms with Crippen LogP contribution in [0, 0.1) is 0 Å². The number of nitrogens with one attached hydrogen (secondary N) is 1. The van der Waals surface area contributed by atoms with Gasteiger partial charge in [0.15, 0.2) is 0 Å². The van der Waals surface area contributed by atoms with Crippen LogP contribution in [0.2, 0.25) is 0 Å². The first kappa shape index (κ1) is 9.36. The lowest BCUT2D eigenvalue weighted by Gasteiger charge is -2.23. The molecule has 0 aromatic heterocycles. The number of hydrogen-bond donors (Lipinski definition) is 1. The van der Waals surface area contributed by atoms with Crippen LogP contribution in [0.4, 0.5) is 0 Å². The van der Waals surface area contributed by atoms with Crippen molar-refractivity contribution in [3.8, 4) is 0 Å². The second kappa shape index (κ2) is 4.33. The van der Waals surface area contributed by atoms with E-state index >= 15 is 0 Å². The van der Waals surface area contributed by atoms with Gasteiger partial charge in [-0.15, -0.1) is 0 Å². The van der Waals surface area contributed by atoms with Crippen molar-refractivity contribution < 1.29 is 0 Å². The first-order valence-electron chi connectivity index (χ1n) is 4.81. The van der Waals surface area contributed by atoms with Crippen molar-refractivity contribution in [3.63, 3.8) is 0 Å². The molecule has 12 heavy (non-hydrogen) atoms. The van der Waals surface area contributed by atoms with E-state index in [9.17, 15) is 0 Å². The summed E-state index contributed by atoms with van der Waals surface area (Å²) in [5.74, 6) is 1.23. The van der Waals surface area contributed by atoms with Gasteiger partial charge in [-0.3, -0.25) is 5.43 Å². The van der Waals surface area contributed by atoms with Gasteiger partial charge in [0.25, 0.3) is 0 Å². The van der Waals surface area contributed by atoms with Crippen molar-refractivity contribution in [1.29, 1.82) is 0 Å². The summed E-state index contributed by atoms with van der Waals surface area (Å²) in [5.41, 5.74) is 3.03. The van der Waals surface area contributed by atoms with E-state index in [0.29, 0.717) is 6.04 Å². The molecule has 0 aromatic carbocycles. The van der Waals surface area contributed by atoms with Gasteiger partial charge in [0.1, 0.15) is 12.5 Å². The Morgan fingerprint density at radius 1 is 1.58 bits per heavy atom. The Bertz CT molecular complexity index is 163. The maximum Gasteiger partial charge on any atom is 0.126 e. The van der Waals surface area contributed by atoms with E-state index in [0.717, 1.165) is 13.1 Å². The fourth-order valence-corrected chi connectivity index (χ4v) is 1.37. The fraction of sp³-hybridized carbons (Fsp3) is 0.889. The van der Waals surface area contributed by atoms with E-state index in [2.05, 4.69) is 36.2 Å². The van der Waals surface area contributed by atoms with Gasteiger partial charge in [0, 0.05) is 12.5 Å². The molecule has 1 heterocycles. The number of amidine groups is 1. The molecule has 0 amide bonds. The third kappa shape index (κ3) is 2.13. The summed E-state index contributed by atoms with van der Waals surface area (Å²) in [7, 11) is 0. The number of hydrogen-bond acceptors (Lipinski definition) is 3. The van der Waals surface area contributed by atoms with Crippen molar-refractivity contribution in [3.05, 3.63) is 0 Å². The highest BCUT2D eigenvalue weighted by atomic mass is 15.5. The lowest BCUT2D eigenvalue weighted by molar-refractivity contribution is 0.351. The predicted octanol–water partition coefficient (Wildman–Crippen LogP) is 1.76. The SMILES string of the molecule is CCCCC1=NNCN1C(C)C. The van der Waals surface area contributed by atoms with Crippen molar-refractivity contribution >= 4 is 5.84 Å². The van der Waals surface area contributed by atoms with Crippen molar-refractivity contribution in [2.24, 2.45) is 5.10 Å². The van der Waals surface area contributed by atoms with Gasteiger partial charge in [-0.2, -0.15) is 5.10 Å². The van der Waals surface area contributed by atoms with Crippen LogP contribution in [-0.4, -0.2) is 23.4 Å². The second-order valence-electron chi connectivity index (χ2n) is 3.51. The molecule has 0 bridgehead atoms. The molecule has 0 saturated carbocycles. The maximum atomic E-state index is 4.27. The molecule has 1 aliphatic heterocycles. The predicted molar refractivity (Wildman–Crippen MR) is 51.9 cm³/mol. The van der Waals surface area contributed by atoms with E-state index in [1.54, 1.807) is 0 Å². The summed E-state index contributed by atoms with van der Waals surface area (Å²) in [6.07, 6.45) is 3.59. The van der Waals surface area contributed by atoms with Crippen LogP contribution in [0.3, 0.4) is 0 Å². The minimum Gasteiger partial charge on any atom is -0.337 e. The molecular weight excluding hydrogens is 150 g/mol. The first-order chi connectivity index (χ1) is 5.75. The molecule has 3 heteroatoms. The van der Waals surface area contributed by atoms with Crippen LogP contribution in [0.25, 0.3) is 0 Å². The van der Waals surface area contributed by atoms with Crippen LogP contribution in [0.15, 0.2) is 5.10 Å². The Balaban J connectivity index is 2.40. The van der Waals surface area contributed by atoms with Crippen LogP contribution in [-0.2, 0) is 0 Å². The first-order valence-corrected chi connectivity index (χ1v) is 4.81. The van der Waals surface area contributed by atoms with Crippen molar-refractivity contribution in [2.75, 3.05) is 6.67 Å². The Hall–Kier alpha value is -0.730. The number of nitrogens with zero attached hydrogens (tertiary/aromatic N) is 2. The van der Waals surface area contributed by atoms with Gasteiger partial charge in [-0.1, -0.05) is 13.3 Å². The van der Waals surface area contributed by atoms with E-state index in [1.165, 1.54) is 18.7 Å². The third-order valence-electron chi connectivity index (χ3n) is 2.16. The van der Waals surface area contributed by atoms with Gasteiger partial charge in [0.2, 0.25) is 0 Å². The number of hydrazone groups is 1. The fourth-order valence-electron chi connectivity index (χ4n) is 1.37. The molecule has 0 aromatic rings. The highest BCUT2D eigenvalue weighted by molar-refractivity contribution is 5.83. The molecule has 1 N–H and O–H groups in total. The van der Waals surface area contributed by atoms with Gasteiger partial charge < -0.3 is 4.90 Å². The molecule has 0 aliphatic carbocycles. The smallest absolute Gasteiger partial charge is 0.126 e. The highest BCUT2D eigenvalue weighted by Gasteiger charge is 2.18. The van der Waals surface area contributed by atoms with Gasteiger partial charge in [0.05, 0.1) is 0 Å². The minimum absolute atomic E-state index is 0.565. The normalized spacial score (nSPS) is 16.7. The summed E-state index contributed by atoms with van der Waals surface area (Å²) in [5, 5.41) is 4.27. The molecule has 0 spiro atoms. The topological polar surface area (TPSA) is 27.6 Å². The van der Waals surface area contributed by atoms with Crippen molar-refractivity contribution in [2.45, 2.75) is 46.1 Å². The Morgan fingerprint density at radius 3 is 2.92 bits per heavy atom. The zero-order valence-electron chi connectivity index (χ0n) is 8.30. The molecule has 70 valence electrons. The van der Waals surface area contributed by atoms with Crippen LogP contribution >= 0.6 is 0 Å². The summed E-state index contributed by atoms with van der Waals surface area (Å²) in [6.45, 7) is 7.50. The van der Waals surface area contributed by atoms with E-state index in [-0.39, 0.29) is 0 Å². The molecule has 0 atom stereocenters. The van der Waals surface area contributed by atoms with Crippen LogP contribution < -0.4 is 5.43 Å². The lowest BCUT2D eigenvalue weighted by atomic mass is 10.2. The molecule has 0 radical (unpaired) electrons. The largest absolute Gasteiger partial charge is 0.337 e. The van der Waals surface area contributed by atoms with Gasteiger partial charge in [-0.05, 0) is 20.3 Å². The average molecular weight is 169 g/mol. The zero-order chi connectivity index (χ0) is 8.97. The van der Waals surface area contributed by atoms with E-state index in [4.69, 9.17) is 0 Å². The van der Waals surface area contributed by atoms with Crippen LogP contribution in [0.1, 0.15) is 40.0 Å². The zero-order valence-corrected chi connectivity index (χ0v) is 8.30. The number of rotatable bonds is 4. The summed E-state index contributed by atoms with van der Waals surface area (Å²) in [4.78, 5) is 2.32. The lowest BCUT2D eigenvalue weighted by Crippen LogP contribution is -2.35. The van der Waals surface area contributed by atoms with Crippen molar-refractivity contribution in [1.82, 2.24) is 10.3 Å². The molecular formula is C9H19N3. The summed E-state index contributed by atoms with van der Waals surface area (Å²) in [6, 6.07) is 0.565. The highest BCUT2D eigenvalue weighted by Crippen LogP contribution is 2.09. The second-order valence-corrected chi connectivity index (χ2v) is 3.51. The Morgan fingerprint density at radius 2 is 2.33 bits per heavy atom. The molecule has 0 saturated heterocycles. The average Bonchev–Trinajstić information content (AvgIpc) is 2.48. The van der Waals surface area contributed by atoms with E-state index in [1.807, 2.05) is 0 Å². The minimum atomic E-state index is 0.565. The molecule has 0 unspecified atom stereocenters. The number of unbranched alkanes of at least 4 members (excludes halogenated alkanes) is 1. The molecule has 3 nitrogen and oxygen atoms in total. The monoisotopic (exact) mass is 169 g/mol. The quantitative estimate of drug-likeness (QED) is 0.694. The van der Waals surface area contributed by atoms with Gasteiger partial charge in [-0.25, -0.2) is 0 Å². The Labute approximate surface area is 74.8 Å². The third-order valence-corrected chi connectivity index (χ3v) is 2.16. The van der Waals surface area contributed by atoms with Crippen LogP contribution in [0.5, 0.6) is 0 Å². The summed E-state index contributed by atoms with van der Waals surface area (Å²) < 4.78 is 0. The Kier molecular flexibility index (Phi) is 3.38. The standard InChI is InChI=1S/C9H19N3/c1-4-5-6-9-11-10-7-12(9)8(2)3/h8,10H,4-7H2,1-3H3.